The van der Waals surface area contributed by atoms with Gasteiger partial charge in [-0.2, -0.15) is 0 Å². The quantitative estimate of drug-likeness (QED) is 0.845. The summed E-state index contributed by atoms with van der Waals surface area (Å²) in [4.78, 5) is 13.6. The molecule has 1 aromatic carbocycles. The molecule has 1 N–H and O–H groups in total. The summed E-state index contributed by atoms with van der Waals surface area (Å²) < 4.78 is 22.8. The van der Waals surface area contributed by atoms with Crippen molar-refractivity contribution in [2.45, 2.75) is 17.9 Å². The van der Waals surface area contributed by atoms with Gasteiger partial charge in [0, 0.05) is 19.8 Å². The molecule has 0 fully saturated rings. The Balaban J connectivity index is 2.84. The lowest BCUT2D eigenvalue weighted by atomic mass is 10.1. The van der Waals surface area contributed by atoms with E-state index in [1.165, 1.54) is 6.26 Å². The van der Waals surface area contributed by atoms with E-state index < -0.39 is 9.84 Å². The van der Waals surface area contributed by atoms with Gasteiger partial charge in [-0.15, -0.1) is 6.58 Å². The number of urea groups is 1. The third-order valence-electron chi connectivity index (χ3n) is 3.09. The lowest BCUT2D eigenvalue weighted by Gasteiger charge is -2.25. The van der Waals surface area contributed by atoms with Gasteiger partial charge >= 0.3 is 6.03 Å². The first-order chi connectivity index (χ1) is 9.27. The van der Waals surface area contributed by atoms with Gasteiger partial charge in [0.05, 0.1) is 10.9 Å². The number of hydrogen-bond donors (Lipinski definition) is 1. The molecule has 0 radical (unpaired) electrons. The minimum atomic E-state index is -3.20. The largest absolute Gasteiger partial charge is 0.335 e. The number of hydrogen-bond acceptors (Lipinski definition) is 3. The van der Waals surface area contributed by atoms with Crippen molar-refractivity contribution in [2.24, 2.45) is 0 Å². The van der Waals surface area contributed by atoms with E-state index in [0.29, 0.717) is 6.54 Å². The average molecular weight is 296 g/mol. The van der Waals surface area contributed by atoms with Crippen LogP contribution in [0, 0.1) is 0 Å². The molecular formula is C14H20N2O3S. The molecule has 110 valence electrons. The lowest BCUT2D eigenvalue weighted by molar-refractivity contribution is 0.195. The summed E-state index contributed by atoms with van der Waals surface area (Å²) >= 11 is 0. The Morgan fingerprint density at radius 2 is 1.95 bits per heavy atom. The van der Waals surface area contributed by atoms with E-state index >= 15 is 0 Å². The Kier molecular flexibility index (Phi) is 5.33. The second kappa shape index (κ2) is 6.56. The SMILES string of the molecule is C=CCNC(=O)N(C)C(C)c1ccc(S(C)(=O)=O)cc1. The van der Waals surface area contributed by atoms with Crippen LogP contribution in [0.2, 0.25) is 0 Å². The fourth-order valence-electron chi connectivity index (χ4n) is 1.68. The highest BCUT2D eigenvalue weighted by atomic mass is 32.2. The molecule has 0 aliphatic rings. The van der Waals surface area contributed by atoms with E-state index in [1.807, 2.05) is 6.92 Å². The van der Waals surface area contributed by atoms with Crippen molar-refractivity contribution < 1.29 is 13.2 Å². The van der Waals surface area contributed by atoms with Crippen LogP contribution in [0.4, 0.5) is 4.79 Å². The molecule has 0 aliphatic heterocycles. The van der Waals surface area contributed by atoms with Gasteiger partial charge in [-0.05, 0) is 24.6 Å². The topological polar surface area (TPSA) is 66.5 Å². The maximum Gasteiger partial charge on any atom is 0.317 e. The van der Waals surface area contributed by atoms with E-state index in [9.17, 15) is 13.2 Å². The van der Waals surface area contributed by atoms with Crippen molar-refractivity contribution >= 4 is 15.9 Å². The maximum absolute atomic E-state index is 11.8. The van der Waals surface area contributed by atoms with Crippen LogP contribution in [0.15, 0.2) is 41.8 Å². The monoisotopic (exact) mass is 296 g/mol. The molecule has 2 amide bonds. The summed E-state index contributed by atoms with van der Waals surface area (Å²) in [7, 11) is -1.51. The third-order valence-corrected chi connectivity index (χ3v) is 4.22. The number of carbonyl (C=O) groups excluding carboxylic acids is 1. The first-order valence-corrected chi connectivity index (χ1v) is 8.08. The van der Waals surface area contributed by atoms with Gasteiger partial charge in [0.25, 0.3) is 0 Å². The van der Waals surface area contributed by atoms with E-state index in [0.717, 1.165) is 5.56 Å². The Morgan fingerprint density at radius 1 is 1.40 bits per heavy atom. The van der Waals surface area contributed by atoms with Gasteiger partial charge in [-0.25, -0.2) is 13.2 Å². The molecular weight excluding hydrogens is 276 g/mol. The summed E-state index contributed by atoms with van der Waals surface area (Å²) in [6, 6.07) is 6.18. The van der Waals surface area contributed by atoms with E-state index in [1.54, 1.807) is 42.3 Å². The second-order valence-electron chi connectivity index (χ2n) is 4.60. The zero-order valence-corrected chi connectivity index (χ0v) is 12.8. The average Bonchev–Trinajstić information content (AvgIpc) is 2.42. The summed E-state index contributed by atoms with van der Waals surface area (Å²) in [5.41, 5.74) is 0.869. The van der Waals surface area contributed by atoms with Gasteiger partial charge in [0.1, 0.15) is 0 Å². The highest BCUT2D eigenvalue weighted by Crippen LogP contribution is 2.20. The second-order valence-corrected chi connectivity index (χ2v) is 6.62. The van der Waals surface area contributed by atoms with Gasteiger partial charge in [0.2, 0.25) is 0 Å². The van der Waals surface area contributed by atoms with Crippen LogP contribution in [0.25, 0.3) is 0 Å². The summed E-state index contributed by atoms with van der Waals surface area (Å²) in [6.07, 6.45) is 2.78. The first-order valence-electron chi connectivity index (χ1n) is 6.19. The van der Waals surface area contributed by atoms with E-state index in [2.05, 4.69) is 11.9 Å². The number of amides is 2. The fourth-order valence-corrected chi connectivity index (χ4v) is 2.31. The standard InChI is InChI=1S/C14H20N2O3S/c1-5-10-15-14(17)16(3)11(2)12-6-8-13(9-7-12)20(4,18)19/h5-9,11H,1,10H2,2-4H3,(H,15,17). The number of nitrogens with zero attached hydrogens (tertiary/aromatic N) is 1. The number of carbonyl (C=O) groups is 1. The molecule has 1 unspecified atom stereocenters. The number of sulfone groups is 1. The predicted octanol–water partition coefficient (Wildman–Crippen LogP) is 1.98. The van der Waals surface area contributed by atoms with E-state index in [-0.39, 0.29) is 17.0 Å². The summed E-state index contributed by atoms with van der Waals surface area (Å²) in [6.45, 7) is 5.82. The minimum Gasteiger partial charge on any atom is -0.335 e. The Labute approximate surface area is 120 Å². The molecule has 0 spiro atoms. The van der Waals surface area contributed by atoms with Crippen LogP contribution in [0.1, 0.15) is 18.5 Å². The fraction of sp³-hybridized carbons (Fsp3) is 0.357. The van der Waals surface area contributed by atoms with E-state index in [4.69, 9.17) is 0 Å². The molecule has 0 aliphatic carbocycles. The van der Waals surface area contributed by atoms with Crippen molar-refractivity contribution in [1.82, 2.24) is 10.2 Å². The van der Waals surface area contributed by atoms with Crippen LogP contribution in [0.5, 0.6) is 0 Å². The molecule has 0 bridgehead atoms. The van der Waals surface area contributed by atoms with Gasteiger partial charge in [0.15, 0.2) is 9.84 Å². The third kappa shape index (κ3) is 4.09. The van der Waals surface area contributed by atoms with Gasteiger partial charge in [-0.1, -0.05) is 18.2 Å². The van der Waals surface area contributed by atoms with Crippen molar-refractivity contribution in [1.29, 1.82) is 0 Å². The summed E-state index contributed by atoms with van der Waals surface area (Å²) in [5, 5.41) is 2.69. The normalized spacial score (nSPS) is 12.6. The Morgan fingerprint density at radius 3 is 2.40 bits per heavy atom. The number of rotatable bonds is 5. The highest BCUT2D eigenvalue weighted by molar-refractivity contribution is 7.90. The van der Waals surface area contributed by atoms with Crippen molar-refractivity contribution in [3.63, 3.8) is 0 Å². The van der Waals surface area contributed by atoms with Crippen LogP contribution in [-0.2, 0) is 9.84 Å². The van der Waals surface area contributed by atoms with Crippen LogP contribution < -0.4 is 5.32 Å². The molecule has 1 aromatic rings. The number of nitrogens with one attached hydrogen (secondary N) is 1. The molecule has 6 heteroatoms. The molecule has 20 heavy (non-hydrogen) atoms. The first kappa shape index (κ1) is 16.2. The Bertz CT molecular complexity index is 579. The maximum atomic E-state index is 11.8. The molecule has 5 nitrogen and oxygen atoms in total. The minimum absolute atomic E-state index is 0.159. The summed E-state index contributed by atoms with van der Waals surface area (Å²) in [5.74, 6) is 0. The molecule has 0 heterocycles. The van der Waals surface area contributed by atoms with Crippen LogP contribution in [0.3, 0.4) is 0 Å². The molecule has 0 saturated carbocycles. The van der Waals surface area contributed by atoms with Crippen molar-refractivity contribution in [2.75, 3.05) is 19.8 Å². The Hall–Kier alpha value is -1.82. The molecule has 0 aromatic heterocycles. The zero-order chi connectivity index (χ0) is 15.3. The lowest BCUT2D eigenvalue weighted by Crippen LogP contribution is -2.38. The van der Waals surface area contributed by atoms with Crippen LogP contribution >= 0.6 is 0 Å². The smallest absolute Gasteiger partial charge is 0.317 e. The van der Waals surface area contributed by atoms with Crippen molar-refractivity contribution in [3.05, 3.63) is 42.5 Å². The molecule has 1 atom stereocenters. The van der Waals surface area contributed by atoms with Crippen molar-refractivity contribution in [3.8, 4) is 0 Å². The highest BCUT2D eigenvalue weighted by Gasteiger charge is 2.17. The predicted molar refractivity (Wildman–Crippen MR) is 79.3 cm³/mol. The molecule has 1 rings (SSSR count). The number of benzene rings is 1. The van der Waals surface area contributed by atoms with Gasteiger partial charge < -0.3 is 10.2 Å². The van der Waals surface area contributed by atoms with Gasteiger partial charge in [-0.3, -0.25) is 0 Å². The zero-order valence-electron chi connectivity index (χ0n) is 12.0. The molecule has 0 saturated heterocycles. The van der Waals surface area contributed by atoms with Crippen LogP contribution in [-0.4, -0.2) is 39.2 Å².